The summed E-state index contributed by atoms with van der Waals surface area (Å²) >= 11 is 0. The predicted molar refractivity (Wildman–Crippen MR) is 74.5 cm³/mol. The molecule has 1 aromatic carbocycles. The van der Waals surface area contributed by atoms with Crippen LogP contribution in [0, 0.1) is 18.3 Å². The van der Waals surface area contributed by atoms with Crippen LogP contribution in [-0.2, 0) is 0 Å². The number of carbonyl (C=O) groups is 1. The predicted octanol–water partition coefficient (Wildman–Crippen LogP) is 2.54. The molecule has 5 nitrogen and oxygen atoms in total. The number of nitriles is 1. The van der Waals surface area contributed by atoms with Gasteiger partial charge in [-0.05, 0) is 31.2 Å². The average molecular weight is 267 g/mol. The molecule has 2 aromatic rings. The molecule has 1 amide bonds. The Labute approximate surface area is 116 Å². The zero-order valence-electron chi connectivity index (χ0n) is 11.0. The molecule has 0 unspecified atom stereocenters. The first-order valence-electron chi connectivity index (χ1n) is 6.03. The number of anilines is 1. The molecule has 0 atom stereocenters. The molecule has 0 aliphatic rings. The first-order chi connectivity index (χ1) is 9.70. The van der Waals surface area contributed by atoms with E-state index in [2.05, 4.69) is 10.3 Å². The van der Waals surface area contributed by atoms with E-state index >= 15 is 0 Å². The van der Waals surface area contributed by atoms with Gasteiger partial charge in [0.25, 0.3) is 5.91 Å². The standard InChI is InChI=1S/C15H13N3O2/c1-11-10-12(6-8-17-11)15(19)18-13-4-2-3-5-14(13)20-9-7-16/h2-6,8,10H,9H2,1H3,(H,18,19). The van der Waals surface area contributed by atoms with Crippen molar-refractivity contribution < 1.29 is 9.53 Å². The molecule has 1 heterocycles. The number of nitrogens with zero attached hydrogens (tertiary/aromatic N) is 2. The summed E-state index contributed by atoms with van der Waals surface area (Å²) < 4.78 is 5.26. The van der Waals surface area contributed by atoms with E-state index in [0.717, 1.165) is 5.69 Å². The number of para-hydroxylation sites is 2. The maximum absolute atomic E-state index is 12.1. The first-order valence-corrected chi connectivity index (χ1v) is 6.03. The van der Waals surface area contributed by atoms with Crippen LogP contribution in [0.25, 0.3) is 0 Å². The van der Waals surface area contributed by atoms with Crippen molar-refractivity contribution in [2.24, 2.45) is 0 Å². The molecular formula is C15H13N3O2. The summed E-state index contributed by atoms with van der Waals surface area (Å²) in [5.41, 5.74) is 1.82. The summed E-state index contributed by atoms with van der Waals surface area (Å²) in [6.45, 7) is 1.75. The Morgan fingerprint density at radius 1 is 1.40 bits per heavy atom. The van der Waals surface area contributed by atoms with E-state index in [0.29, 0.717) is 17.0 Å². The zero-order chi connectivity index (χ0) is 14.4. The highest BCUT2D eigenvalue weighted by atomic mass is 16.5. The largest absolute Gasteiger partial charge is 0.477 e. The number of nitrogens with one attached hydrogen (secondary N) is 1. The molecule has 0 fully saturated rings. The molecule has 1 N–H and O–H groups in total. The minimum Gasteiger partial charge on any atom is -0.477 e. The van der Waals surface area contributed by atoms with Crippen molar-refractivity contribution in [3.05, 3.63) is 53.9 Å². The van der Waals surface area contributed by atoms with Crippen molar-refractivity contribution in [3.8, 4) is 11.8 Å². The van der Waals surface area contributed by atoms with Gasteiger partial charge in [0.05, 0.1) is 5.69 Å². The fraction of sp³-hybridized carbons (Fsp3) is 0.133. The number of aryl methyl sites for hydroxylation is 1. The minimum atomic E-state index is -0.247. The van der Waals surface area contributed by atoms with Crippen LogP contribution in [0.5, 0.6) is 5.75 Å². The lowest BCUT2D eigenvalue weighted by atomic mass is 10.2. The number of hydrogen-bond donors (Lipinski definition) is 1. The fourth-order valence-electron chi connectivity index (χ4n) is 1.69. The molecule has 20 heavy (non-hydrogen) atoms. The van der Waals surface area contributed by atoms with Crippen LogP contribution in [0.1, 0.15) is 16.1 Å². The van der Waals surface area contributed by atoms with Gasteiger partial charge < -0.3 is 10.1 Å². The molecule has 1 aromatic heterocycles. The SMILES string of the molecule is Cc1cc(C(=O)Nc2ccccc2OCC#N)ccn1. The molecule has 0 aliphatic carbocycles. The van der Waals surface area contributed by atoms with Gasteiger partial charge in [0.2, 0.25) is 0 Å². The van der Waals surface area contributed by atoms with Crippen molar-refractivity contribution in [1.29, 1.82) is 5.26 Å². The molecule has 0 saturated carbocycles. The monoisotopic (exact) mass is 267 g/mol. The van der Waals surface area contributed by atoms with E-state index in [4.69, 9.17) is 10.00 Å². The first kappa shape index (κ1) is 13.6. The second-order valence-electron chi connectivity index (χ2n) is 4.08. The summed E-state index contributed by atoms with van der Waals surface area (Å²) in [5, 5.41) is 11.3. The van der Waals surface area contributed by atoms with Crippen LogP contribution in [0.2, 0.25) is 0 Å². The van der Waals surface area contributed by atoms with Crippen LogP contribution >= 0.6 is 0 Å². The van der Waals surface area contributed by atoms with Crippen LogP contribution in [0.4, 0.5) is 5.69 Å². The van der Waals surface area contributed by atoms with E-state index in [1.807, 2.05) is 13.0 Å². The van der Waals surface area contributed by atoms with Crippen molar-refractivity contribution >= 4 is 11.6 Å². The van der Waals surface area contributed by atoms with Crippen LogP contribution in [-0.4, -0.2) is 17.5 Å². The van der Waals surface area contributed by atoms with Crippen molar-refractivity contribution in [2.75, 3.05) is 11.9 Å². The van der Waals surface area contributed by atoms with Gasteiger partial charge >= 0.3 is 0 Å². The van der Waals surface area contributed by atoms with E-state index in [1.54, 1.807) is 42.6 Å². The zero-order valence-corrected chi connectivity index (χ0v) is 11.0. The Morgan fingerprint density at radius 3 is 2.95 bits per heavy atom. The van der Waals surface area contributed by atoms with Crippen molar-refractivity contribution in [2.45, 2.75) is 6.92 Å². The fourth-order valence-corrected chi connectivity index (χ4v) is 1.69. The highest BCUT2D eigenvalue weighted by Gasteiger charge is 2.09. The topological polar surface area (TPSA) is 75.0 Å². The summed E-state index contributed by atoms with van der Waals surface area (Å²) in [6.07, 6.45) is 1.59. The summed E-state index contributed by atoms with van der Waals surface area (Å²) in [6, 6.07) is 12.2. The van der Waals surface area contributed by atoms with Crippen LogP contribution in [0.15, 0.2) is 42.6 Å². The summed E-state index contributed by atoms with van der Waals surface area (Å²) in [5.74, 6) is 0.219. The number of hydrogen-bond acceptors (Lipinski definition) is 4. The molecule has 0 aliphatic heterocycles. The molecule has 0 spiro atoms. The average Bonchev–Trinajstić information content (AvgIpc) is 2.46. The van der Waals surface area contributed by atoms with E-state index < -0.39 is 0 Å². The van der Waals surface area contributed by atoms with Crippen molar-refractivity contribution in [3.63, 3.8) is 0 Å². The number of aromatic nitrogens is 1. The Morgan fingerprint density at radius 2 is 2.20 bits per heavy atom. The number of ether oxygens (including phenoxy) is 1. The number of carbonyl (C=O) groups excluding carboxylic acids is 1. The quantitative estimate of drug-likeness (QED) is 0.923. The van der Waals surface area contributed by atoms with E-state index in [-0.39, 0.29) is 12.5 Å². The summed E-state index contributed by atoms with van der Waals surface area (Å²) in [4.78, 5) is 16.2. The van der Waals surface area contributed by atoms with Gasteiger partial charge in [-0.3, -0.25) is 9.78 Å². The van der Waals surface area contributed by atoms with Crippen LogP contribution < -0.4 is 10.1 Å². The Bertz CT molecular complexity index is 662. The molecule has 0 saturated heterocycles. The molecular weight excluding hydrogens is 254 g/mol. The second-order valence-corrected chi connectivity index (χ2v) is 4.08. The van der Waals surface area contributed by atoms with Gasteiger partial charge in [0.1, 0.15) is 11.8 Å². The smallest absolute Gasteiger partial charge is 0.255 e. The summed E-state index contributed by atoms with van der Waals surface area (Å²) in [7, 11) is 0. The van der Waals surface area contributed by atoms with Gasteiger partial charge in [0.15, 0.2) is 6.61 Å². The number of pyridine rings is 1. The number of benzene rings is 1. The lowest BCUT2D eigenvalue weighted by Crippen LogP contribution is -2.13. The highest BCUT2D eigenvalue weighted by Crippen LogP contribution is 2.24. The molecule has 100 valence electrons. The highest BCUT2D eigenvalue weighted by molar-refractivity contribution is 6.05. The van der Waals surface area contributed by atoms with Gasteiger partial charge in [-0.25, -0.2) is 0 Å². The third-order valence-electron chi connectivity index (χ3n) is 2.59. The van der Waals surface area contributed by atoms with E-state index in [9.17, 15) is 4.79 Å². The lowest BCUT2D eigenvalue weighted by Gasteiger charge is -2.10. The third-order valence-corrected chi connectivity index (χ3v) is 2.59. The van der Waals surface area contributed by atoms with Gasteiger partial charge in [-0.15, -0.1) is 0 Å². The maximum atomic E-state index is 12.1. The Kier molecular flexibility index (Phi) is 4.30. The molecule has 5 heteroatoms. The van der Waals surface area contributed by atoms with Gasteiger partial charge in [-0.2, -0.15) is 5.26 Å². The lowest BCUT2D eigenvalue weighted by molar-refractivity contribution is 0.102. The van der Waals surface area contributed by atoms with Gasteiger partial charge in [0, 0.05) is 17.5 Å². The van der Waals surface area contributed by atoms with Crippen molar-refractivity contribution in [1.82, 2.24) is 4.98 Å². The van der Waals surface area contributed by atoms with Gasteiger partial charge in [-0.1, -0.05) is 12.1 Å². The minimum absolute atomic E-state index is 0.0682. The molecule has 0 radical (unpaired) electrons. The van der Waals surface area contributed by atoms with Crippen LogP contribution in [0.3, 0.4) is 0 Å². The Hall–Kier alpha value is -2.87. The molecule has 2 rings (SSSR count). The normalized spacial score (nSPS) is 9.60. The number of rotatable bonds is 4. The number of amides is 1. The second kappa shape index (κ2) is 6.34. The van der Waals surface area contributed by atoms with E-state index in [1.165, 1.54) is 0 Å². The maximum Gasteiger partial charge on any atom is 0.255 e. The third kappa shape index (κ3) is 3.33. The Balaban J connectivity index is 2.18. The molecule has 0 bridgehead atoms.